The predicted octanol–water partition coefficient (Wildman–Crippen LogP) is 0.830. The lowest BCUT2D eigenvalue weighted by Gasteiger charge is -2.22. The maximum absolute atomic E-state index is 13.4. The highest BCUT2D eigenvalue weighted by Crippen LogP contribution is 2.20. The smallest absolute Gasteiger partial charge is 0.409 e. The van der Waals surface area contributed by atoms with E-state index in [1.807, 2.05) is 30.3 Å². The molecule has 35 heavy (non-hydrogen) atoms. The first kappa shape index (κ1) is 24.2. The quantitative estimate of drug-likeness (QED) is 0.538. The molecule has 2 aliphatic heterocycles. The lowest BCUT2D eigenvalue weighted by Crippen LogP contribution is -2.46. The van der Waals surface area contributed by atoms with Crippen LogP contribution in [0.15, 0.2) is 41.0 Å². The molecule has 3 N–H and O–H groups in total. The van der Waals surface area contributed by atoms with Crippen molar-refractivity contribution in [3.63, 3.8) is 0 Å². The summed E-state index contributed by atoms with van der Waals surface area (Å²) in [5.74, 6) is 4.76. The largest absolute Gasteiger partial charge is 0.453 e. The third-order valence-electron chi connectivity index (χ3n) is 5.87. The van der Waals surface area contributed by atoms with Gasteiger partial charge in [-0.2, -0.15) is 4.98 Å². The fraction of sp³-hybridized carbons (Fsp3) is 0.417. The first-order chi connectivity index (χ1) is 16.9. The molecule has 2 fully saturated rings. The molecule has 4 atom stereocenters. The Morgan fingerprint density at radius 2 is 2.06 bits per heavy atom. The van der Waals surface area contributed by atoms with Gasteiger partial charge in [0.2, 0.25) is 5.91 Å². The van der Waals surface area contributed by atoms with Crippen LogP contribution in [0, 0.1) is 11.8 Å². The standard InChI is InChI=1S/C24H26FN5O5/c1-34-24(33)30-13-18(28-21(31)20-9-16(25)11-26-20)10-19(30)12-27-22(32)23-29-17(14-35-23)8-7-15-5-3-2-4-6-15/h2-6,14,16,18-20,26H,9-13H2,1H3,(H,27,32)(H,28,31)/t16-,18+,19+,20-/m0/s1. The fourth-order valence-corrected chi connectivity index (χ4v) is 4.13. The summed E-state index contributed by atoms with van der Waals surface area (Å²) >= 11 is 0. The van der Waals surface area contributed by atoms with Crippen molar-refractivity contribution in [3.8, 4) is 11.8 Å². The monoisotopic (exact) mass is 483 g/mol. The van der Waals surface area contributed by atoms with Gasteiger partial charge in [0.05, 0.1) is 19.2 Å². The van der Waals surface area contributed by atoms with E-state index < -0.39 is 30.3 Å². The molecule has 0 unspecified atom stereocenters. The van der Waals surface area contributed by atoms with E-state index in [1.54, 1.807) is 0 Å². The number of hydrogen-bond donors (Lipinski definition) is 3. The number of amides is 3. The molecule has 0 bridgehead atoms. The Morgan fingerprint density at radius 1 is 1.26 bits per heavy atom. The molecule has 4 rings (SSSR count). The van der Waals surface area contributed by atoms with Gasteiger partial charge in [-0.3, -0.25) is 9.59 Å². The average molecular weight is 484 g/mol. The number of carbonyl (C=O) groups excluding carboxylic acids is 3. The third kappa shape index (κ3) is 6.16. The van der Waals surface area contributed by atoms with Crippen molar-refractivity contribution in [2.75, 3.05) is 26.7 Å². The molecular weight excluding hydrogens is 457 g/mol. The van der Waals surface area contributed by atoms with Crippen molar-refractivity contribution >= 4 is 17.9 Å². The highest BCUT2D eigenvalue weighted by Gasteiger charge is 2.38. The van der Waals surface area contributed by atoms with Crippen LogP contribution >= 0.6 is 0 Å². The van der Waals surface area contributed by atoms with Gasteiger partial charge >= 0.3 is 12.0 Å². The molecule has 1 aromatic heterocycles. The van der Waals surface area contributed by atoms with Crippen LogP contribution in [0.4, 0.5) is 9.18 Å². The first-order valence-electron chi connectivity index (χ1n) is 11.3. The number of halogens is 1. The minimum Gasteiger partial charge on any atom is -0.453 e. The van der Waals surface area contributed by atoms with Crippen LogP contribution in [-0.2, 0) is 9.53 Å². The van der Waals surface area contributed by atoms with Crippen LogP contribution in [0.2, 0.25) is 0 Å². The van der Waals surface area contributed by atoms with Crippen molar-refractivity contribution in [2.24, 2.45) is 0 Å². The predicted molar refractivity (Wildman–Crippen MR) is 122 cm³/mol. The lowest BCUT2D eigenvalue weighted by atomic mass is 10.1. The molecule has 11 heteroatoms. The van der Waals surface area contributed by atoms with Crippen LogP contribution in [0.3, 0.4) is 0 Å². The highest BCUT2D eigenvalue weighted by atomic mass is 19.1. The number of hydrogen-bond acceptors (Lipinski definition) is 7. The molecule has 0 radical (unpaired) electrons. The second kappa shape index (κ2) is 11.0. The van der Waals surface area contributed by atoms with Crippen LogP contribution in [-0.4, -0.2) is 78.8 Å². The number of carbonyl (C=O) groups is 3. The van der Waals surface area contributed by atoms with Gasteiger partial charge in [-0.15, -0.1) is 0 Å². The molecule has 184 valence electrons. The molecule has 0 spiro atoms. The molecular formula is C24H26FN5O5. The zero-order valence-corrected chi connectivity index (χ0v) is 19.1. The van der Waals surface area contributed by atoms with E-state index in [2.05, 4.69) is 32.8 Å². The summed E-state index contributed by atoms with van der Waals surface area (Å²) in [6.07, 6.45) is 0.187. The van der Waals surface area contributed by atoms with Gasteiger partial charge in [-0.05, 0) is 24.5 Å². The summed E-state index contributed by atoms with van der Waals surface area (Å²) < 4.78 is 23.5. The lowest BCUT2D eigenvalue weighted by molar-refractivity contribution is -0.123. The maximum Gasteiger partial charge on any atom is 0.409 e. The number of oxazole rings is 1. The number of rotatable bonds is 5. The normalized spacial score (nSPS) is 23.3. The zero-order chi connectivity index (χ0) is 24.8. The Labute approximate surface area is 201 Å². The van der Waals surface area contributed by atoms with Gasteiger partial charge in [-0.1, -0.05) is 24.1 Å². The Bertz CT molecular complexity index is 1130. The number of nitrogens with one attached hydrogen (secondary N) is 3. The van der Waals surface area contributed by atoms with E-state index in [0.717, 1.165) is 5.56 Å². The molecule has 3 heterocycles. The van der Waals surface area contributed by atoms with E-state index in [1.165, 1.54) is 18.3 Å². The summed E-state index contributed by atoms with van der Waals surface area (Å²) in [4.78, 5) is 42.7. The summed E-state index contributed by atoms with van der Waals surface area (Å²) in [7, 11) is 1.26. The Morgan fingerprint density at radius 3 is 2.77 bits per heavy atom. The number of likely N-dealkylation sites (tertiary alicyclic amines) is 1. The van der Waals surface area contributed by atoms with Crippen LogP contribution in [0.1, 0.15) is 34.8 Å². The SMILES string of the molecule is COC(=O)N1C[C@H](NC(=O)[C@@H]2C[C@H](F)CN2)C[C@@H]1CNC(=O)c1nc(C#Cc2ccccc2)co1. The van der Waals surface area contributed by atoms with Crippen molar-refractivity contribution in [3.05, 3.63) is 53.7 Å². The number of benzene rings is 1. The molecule has 10 nitrogen and oxygen atoms in total. The fourth-order valence-electron chi connectivity index (χ4n) is 4.13. The molecule has 2 saturated heterocycles. The summed E-state index contributed by atoms with van der Waals surface area (Å²) in [6, 6.07) is 7.96. The second-order valence-corrected chi connectivity index (χ2v) is 8.38. The van der Waals surface area contributed by atoms with E-state index in [9.17, 15) is 18.8 Å². The van der Waals surface area contributed by atoms with Crippen molar-refractivity contribution in [1.29, 1.82) is 0 Å². The van der Waals surface area contributed by atoms with Gasteiger partial charge < -0.3 is 30.0 Å². The molecule has 0 aliphatic carbocycles. The average Bonchev–Trinajstić information content (AvgIpc) is 3.61. The van der Waals surface area contributed by atoms with Gasteiger partial charge in [0, 0.05) is 37.7 Å². The zero-order valence-electron chi connectivity index (χ0n) is 19.1. The van der Waals surface area contributed by atoms with E-state index >= 15 is 0 Å². The second-order valence-electron chi connectivity index (χ2n) is 8.38. The van der Waals surface area contributed by atoms with Crippen LogP contribution < -0.4 is 16.0 Å². The molecule has 3 amide bonds. The van der Waals surface area contributed by atoms with Crippen molar-refractivity contribution in [2.45, 2.75) is 37.1 Å². The van der Waals surface area contributed by atoms with Gasteiger partial charge in [0.25, 0.3) is 5.89 Å². The number of aromatic nitrogens is 1. The topological polar surface area (TPSA) is 126 Å². The van der Waals surface area contributed by atoms with Gasteiger partial charge in [0.15, 0.2) is 5.69 Å². The number of alkyl halides is 1. The van der Waals surface area contributed by atoms with Gasteiger partial charge in [0.1, 0.15) is 12.4 Å². The van der Waals surface area contributed by atoms with E-state index in [0.29, 0.717) is 12.1 Å². The minimum absolute atomic E-state index is 0.0992. The number of methoxy groups -OCH3 is 1. The maximum atomic E-state index is 13.4. The Balaban J connectivity index is 1.33. The number of ether oxygens (including phenoxy) is 1. The summed E-state index contributed by atoms with van der Waals surface area (Å²) in [5.41, 5.74) is 1.12. The van der Waals surface area contributed by atoms with E-state index in [4.69, 9.17) is 9.15 Å². The molecule has 0 saturated carbocycles. The third-order valence-corrected chi connectivity index (χ3v) is 5.87. The van der Waals surface area contributed by atoms with Gasteiger partial charge in [-0.25, -0.2) is 9.18 Å². The molecule has 1 aromatic carbocycles. The van der Waals surface area contributed by atoms with Crippen molar-refractivity contribution in [1.82, 2.24) is 25.8 Å². The molecule has 2 aliphatic rings. The van der Waals surface area contributed by atoms with E-state index in [-0.39, 0.29) is 43.9 Å². The summed E-state index contributed by atoms with van der Waals surface area (Å²) in [5, 5.41) is 8.40. The van der Waals surface area contributed by atoms with Crippen molar-refractivity contribution < 1.29 is 27.9 Å². The Hall–Kier alpha value is -3.91. The first-order valence-corrected chi connectivity index (χ1v) is 11.3. The number of nitrogens with zero attached hydrogens (tertiary/aromatic N) is 2. The highest BCUT2D eigenvalue weighted by molar-refractivity contribution is 5.89. The molecule has 2 aromatic rings. The Kier molecular flexibility index (Phi) is 7.62. The summed E-state index contributed by atoms with van der Waals surface area (Å²) in [6.45, 7) is 0.455. The minimum atomic E-state index is -1.05. The van der Waals surface area contributed by atoms with Crippen LogP contribution in [0.25, 0.3) is 0 Å². The van der Waals surface area contributed by atoms with Crippen LogP contribution in [0.5, 0.6) is 0 Å².